The molecule has 0 bridgehead atoms. The number of carbonyl (C=O) groups is 1. The van der Waals surface area contributed by atoms with Crippen molar-refractivity contribution in [1.82, 2.24) is 20.1 Å². The fraction of sp³-hybridized carbons (Fsp3) is 0.308. The molecule has 1 heterocycles. The number of nitrogens with one attached hydrogen (secondary N) is 2. The minimum Gasteiger partial charge on any atom is -0.366 e. The third-order valence-electron chi connectivity index (χ3n) is 2.64. The summed E-state index contributed by atoms with van der Waals surface area (Å²) in [6.07, 6.45) is 0. The van der Waals surface area contributed by atoms with E-state index in [0.29, 0.717) is 5.02 Å². The Balaban J connectivity index is 2.27. The van der Waals surface area contributed by atoms with Crippen LogP contribution in [-0.2, 0) is 0 Å². The van der Waals surface area contributed by atoms with Gasteiger partial charge in [-0.2, -0.15) is 4.98 Å². The van der Waals surface area contributed by atoms with Crippen LogP contribution in [0.4, 0.5) is 22.4 Å². The molecule has 0 aliphatic rings. The molecule has 0 aliphatic heterocycles. The van der Waals surface area contributed by atoms with Crippen LogP contribution in [0.1, 0.15) is 19.4 Å². The predicted molar refractivity (Wildman–Crippen MR) is 83.0 cm³/mol. The molecule has 7 nitrogen and oxygen atoms in total. The molecule has 0 saturated heterocycles. The van der Waals surface area contributed by atoms with Crippen LogP contribution in [0.25, 0.3) is 0 Å². The Hall–Kier alpha value is -2.28. The van der Waals surface area contributed by atoms with Crippen molar-refractivity contribution in [3.63, 3.8) is 0 Å². The Morgan fingerprint density at radius 1 is 1.43 bits per heavy atom. The highest BCUT2D eigenvalue weighted by Crippen LogP contribution is 2.22. The van der Waals surface area contributed by atoms with Crippen LogP contribution >= 0.6 is 11.6 Å². The van der Waals surface area contributed by atoms with Gasteiger partial charge in [0, 0.05) is 16.8 Å². The molecule has 112 valence electrons. The van der Waals surface area contributed by atoms with Gasteiger partial charge >= 0.3 is 6.03 Å². The summed E-state index contributed by atoms with van der Waals surface area (Å²) < 4.78 is 1.10. The Labute approximate surface area is 127 Å². The zero-order chi connectivity index (χ0) is 15.6. The highest BCUT2D eigenvalue weighted by Gasteiger charge is 2.16. The molecule has 21 heavy (non-hydrogen) atoms. The van der Waals surface area contributed by atoms with Crippen molar-refractivity contribution in [3.8, 4) is 0 Å². The summed E-state index contributed by atoms with van der Waals surface area (Å²) in [5.74, 6) is 0.259. The molecular formula is C13H17ClN6O. The van der Waals surface area contributed by atoms with Crippen LogP contribution in [0.3, 0.4) is 0 Å². The molecular weight excluding hydrogens is 292 g/mol. The van der Waals surface area contributed by atoms with E-state index in [1.54, 1.807) is 12.1 Å². The van der Waals surface area contributed by atoms with E-state index in [1.807, 2.05) is 26.8 Å². The predicted octanol–water partition coefficient (Wildman–Crippen LogP) is 2.53. The lowest BCUT2D eigenvalue weighted by Gasteiger charge is -2.11. The van der Waals surface area contributed by atoms with E-state index in [9.17, 15) is 4.79 Å². The number of rotatable bonds is 3. The van der Waals surface area contributed by atoms with Gasteiger partial charge in [0.1, 0.15) is 0 Å². The van der Waals surface area contributed by atoms with Gasteiger partial charge in [-0.1, -0.05) is 11.6 Å². The zero-order valence-electron chi connectivity index (χ0n) is 12.0. The number of nitrogens with zero attached hydrogens (tertiary/aromatic N) is 3. The summed E-state index contributed by atoms with van der Waals surface area (Å²) in [6, 6.07) is 4.97. The second-order valence-electron chi connectivity index (χ2n) is 4.90. The molecule has 0 saturated carbocycles. The maximum absolute atomic E-state index is 12.0. The van der Waals surface area contributed by atoms with Crippen molar-refractivity contribution in [3.05, 3.63) is 28.8 Å². The first-order chi connectivity index (χ1) is 9.86. The second-order valence-corrected chi connectivity index (χ2v) is 5.31. The first-order valence-electron chi connectivity index (χ1n) is 6.43. The molecule has 4 N–H and O–H groups in total. The van der Waals surface area contributed by atoms with Crippen LogP contribution in [0.5, 0.6) is 0 Å². The van der Waals surface area contributed by atoms with E-state index in [1.165, 1.54) is 0 Å². The largest absolute Gasteiger partial charge is 0.366 e. The molecule has 2 aromatic rings. The molecule has 8 heteroatoms. The second kappa shape index (κ2) is 6.01. The highest BCUT2D eigenvalue weighted by atomic mass is 35.5. The monoisotopic (exact) mass is 308 g/mol. The van der Waals surface area contributed by atoms with Gasteiger partial charge in [0.15, 0.2) is 0 Å². The average molecular weight is 309 g/mol. The molecule has 0 aliphatic carbocycles. The fourth-order valence-electron chi connectivity index (χ4n) is 1.71. The lowest BCUT2D eigenvalue weighted by molar-refractivity contribution is 0.237. The van der Waals surface area contributed by atoms with E-state index in [-0.39, 0.29) is 17.9 Å². The molecule has 1 aromatic carbocycles. The summed E-state index contributed by atoms with van der Waals surface area (Å²) >= 11 is 5.98. The number of carbonyl (C=O) groups excluding carboxylic acids is 1. The standard InChI is InChI=1S/C13H17ClN6O/c1-7(2)16-13(21)20-12(18-11(15)19-20)17-9-4-5-10(14)8(3)6-9/h4-7H,1-3H3,(H,16,21)(H3,15,17,18,19). The molecule has 1 aromatic heterocycles. The SMILES string of the molecule is Cc1cc(Nc2nc(N)nn2C(=O)NC(C)C)ccc1Cl. The maximum atomic E-state index is 12.0. The van der Waals surface area contributed by atoms with Crippen molar-refractivity contribution in [2.45, 2.75) is 26.8 Å². The maximum Gasteiger partial charge on any atom is 0.345 e. The molecule has 0 radical (unpaired) electrons. The van der Waals surface area contributed by atoms with Crippen molar-refractivity contribution in [1.29, 1.82) is 0 Å². The van der Waals surface area contributed by atoms with Crippen LogP contribution in [0.15, 0.2) is 18.2 Å². The normalized spacial score (nSPS) is 10.7. The van der Waals surface area contributed by atoms with E-state index in [2.05, 4.69) is 20.7 Å². The van der Waals surface area contributed by atoms with Gasteiger partial charge in [-0.3, -0.25) is 0 Å². The quantitative estimate of drug-likeness (QED) is 0.809. The Morgan fingerprint density at radius 3 is 2.76 bits per heavy atom. The Kier molecular flexibility index (Phi) is 4.32. The van der Waals surface area contributed by atoms with Crippen molar-refractivity contribution in [2.24, 2.45) is 0 Å². The Bertz CT molecular complexity index is 667. The summed E-state index contributed by atoms with van der Waals surface area (Å²) in [6.45, 7) is 5.60. The number of anilines is 3. The number of nitrogens with two attached hydrogens (primary N) is 1. The number of aromatic nitrogens is 3. The van der Waals surface area contributed by atoms with Crippen LogP contribution < -0.4 is 16.4 Å². The lowest BCUT2D eigenvalue weighted by atomic mass is 10.2. The summed E-state index contributed by atoms with van der Waals surface area (Å²) in [5.41, 5.74) is 7.22. The summed E-state index contributed by atoms with van der Waals surface area (Å²) in [5, 5.41) is 10.3. The number of benzene rings is 1. The number of hydrogen-bond donors (Lipinski definition) is 3. The van der Waals surface area contributed by atoms with Crippen molar-refractivity contribution >= 4 is 35.2 Å². The van der Waals surface area contributed by atoms with Gasteiger partial charge in [-0.05, 0) is 44.5 Å². The third kappa shape index (κ3) is 3.63. The van der Waals surface area contributed by atoms with E-state index in [4.69, 9.17) is 17.3 Å². The zero-order valence-corrected chi connectivity index (χ0v) is 12.8. The minimum atomic E-state index is -0.401. The molecule has 0 atom stereocenters. The summed E-state index contributed by atoms with van der Waals surface area (Å²) in [4.78, 5) is 16.0. The van der Waals surface area contributed by atoms with Crippen LogP contribution in [0, 0.1) is 6.92 Å². The number of amides is 1. The van der Waals surface area contributed by atoms with Gasteiger partial charge in [0.25, 0.3) is 0 Å². The Morgan fingerprint density at radius 2 is 2.14 bits per heavy atom. The van der Waals surface area contributed by atoms with Gasteiger partial charge in [-0.25, -0.2) is 4.79 Å². The topological polar surface area (TPSA) is 97.9 Å². The number of nitrogen functional groups attached to an aromatic ring is 1. The van der Waals surface area contributed by atoms with Crippen molar-refractivity contribution < 1.29 is 4.79 Å². The molecule has 0 unspecified atom stereocenters. The molecule has 0 fully saturated rings. The van der Waals surface area contributed by atoms with Gasteiger partial charge in [-0.15, -0.1) is 9.78 Å². The lowest BCUT2D eigenvalue weighted by Crippen LogP contribution is -2.35. The van der Waals surface area contributed by atoms with E-state index in [0.717, 1.165) is 15.9 Å². The fourth-order valence-corrected chi connectivity index (χ4v) is 1.83. The number of halogens is 1. The molecule has 1 amide bonds. The third-order valence-corrected chi connectivity index (χ3v) is 3.07. The average Bonchev–Trinajstić information content (AvgIpc) is 2.74. The van der Waals surface area contributed by atoms with E-state index < -0.39 is 6.03 Å². The first kappa shape index (κ1) is 15.1. The molecule has 2 rings (SSSR count). The van der Waals surface area contributed by atoms with Crippen LogP contribution in [-0.4, -0.2) is 26.8 Å². The summed E-state index contributed by atoms with van der Waals surface area (Å²) in [7, 11) is 0. The number of aryl methyl sites for hydroxylation is 1. The van der Waals surface area contributed by atoms with Gasteiger partial charge in [0.2, 0.25) is 11.9 Å². The van der Waals surface area contributed by atoms with E-state index >= 15 is 0 Å². The van der Waals surface area contributed by atoms with Gasteiger partial charge in [0.05, 0.1) is 0 Å². The first-order valence-corrected chi connectivity index (χ1v) is 6.81. The van der Waals surface area contributed by atoms with Crippen molar-refractivity contribution in [2.75, 3.05) is 11.1 Å². The van der Waals surface area contributed by atoms with Gasteiger partial charge < -0.3 is 16.4 Å². The number of hydrogen-bond acceptors (Lipinski definition) is 5. The minimum absolute atomic E-state index is 0.0158. The van der Waals surface area contributed by atoms with Crippen LogP contribution in [0.2, 0.25) is 5.02 Å². The smallest absolute Gasteiger partial charge is 0.345 e. The highest BCUT2D eigenvalue weighted by molar-refractivity contribution is 6.31. The molecule has 0 spiro atoms.